The van der Waals surface area contributed by atoms with E-state index < -0.39 is 0 Å². The normalized spacial score (nSPS) is 10.7. The van der Waals surface area contributed by atoms with Crippen molar-refractivity contribution in [1.82, 2.24) is 9.88 Å². The zero-order valence-corrected chi connectivity index (χ0v) is 11.1. The van der Waals surface area contributed by atoms with Gasteiger partial charge < -0.3 is 10.5 Å². The third-order valence-corrected chi connectivity index (χ3v) is 2.69. The first-order chi connectivity index (χ1) is 8.71. The summed E-state index contributed by atoms with van der Waals surface area (Å²) < 4.78 is 4.70. The Labute approximate surface area is 108 Å². The highest BCUT2D eigenvalue weighted by atomic mass is 16.5. The van der Waals surface area contributed by atoms with Crippen LogP contribution in [0.1, 0.15) is 24.6 Å². The summed E-state index contributed by atoms with van der Waals surface area (Å²) in [5, 5.41) is 0. The summed E-state index contributed by atoms with van der Waals surface area (Å²) in [5.74, 6) is -0.221. The Morgan fingerprint density at radius 1 is 1.56 bits per heavy atom. The number of ether oxygens (including phenoxy) is 1. The van der Waals surface area contributed by atoms with Gasteiger partial charge in [0.2, 0.25) is 0 Å². The standard InChI is InChI=1S/C13H21N3O2/c1-3-7-16(10-13(17)18-2)9-11-5-4-6-15-12(11)8-14/h4-6H,3,7-10,14H2,1-2H3. The molecule has 100 valence electrons. The molecule has 18 heavy (non-hydrogen) atoms. The van der Waals surface area contributed by atoms with Crippen LogP contribution in [-0.2, 0) is 22.6 Å². The molecule has 0 fully saturated rings. The maximum absolute atomic E-state index is 11.3. The van der Waals surface area contributed by atoms with Gasteiger partial charge in [0.25, 0.3) is 0 Å². The quantitative estimate of drug-likeness (QED) is 0.730. The number of carbonyl (C=O) groups is 1. The van der Waals surface area contributed by atoms with E-state index in [1.54, 1.807) is 6.20 Å². The molecule has 1 aromatic rings. The summed E-state index contributed by atoms with van der Waals surface area (Å²) in [6.07, 6.45) is 2.71. The van der Waals surface area contributed by atoms with Gasteiger partial charge in [-0.05, 0) is 24.6 Å². The van der Waals surface area contributed by atoms with E-state index in [0.29, 0.717) is 19.6 Å². The number of pyridine rings is 1. The van der Waals surface area contributed by atoms with E-state index in [0.717, 1.165) is 24.2 Å². The van der Waals surface area contributed by atoms with Crippen molar-refractivity contribution in [3.05, 3.63) is 29.6 Å². The predicted molar refractivity (Wildman–Crippen MR) is 69.7 cm³/mol. The fourth-order valence-electron chi connectivity index (χ4n) is 1.82. The largest absolute Gasteiger partial charge is 0.468 e. The third-order valence-electron chi connectivity index (χ3n) is 2.69. The summed E-state index contributed by atoms with van der Waals surface area (Å²) in [6.45, 7) is 4.30. The number of nitrogens with zero attached hydrogens (tertiary/aromatic N) is 2. The molecule has 2 N–H and O–H groups in total. The van der Waals surface area contributed by atoms with Gasteiger partial charge in [0.05, 0.1) is 19.3 Å². The van der Waals surface area contributed by atoms with E-state index in [-0.39, 0.29) is 5.97 Å². The molecular formula is C13H21N3O2. The van der Waals surface area contributed by atoms with E-state index in [2.05, 4.69) is 11.9 Å². The van der Waals surface area contributed by atoms with E-state index in [1.165, 1.54) is 7.11 Å². The average molecular weight is 251 g/mol. The second-order valence-corrected chi connectivity index (χ2v) is 4.10. The molecule has 0 aliphatic carbocycles. The van der Waals surface area contributed by atoms with Crippen LogP contribution in [0.4, 0.5) is 0 Å². The molecular weight excluding hydrogens is 230 g/mol. The number of hydrogen-bond acceptors (Lipinski definition) is 5. The summed E-state index contributed by atoms with van der Waals surface area (Å²) in [4.78, 5) is 17.6. The topological polar surface area (TPSA) is 68.5 Å². The van der Waals surface area contributed by atoms with Gasteiger partial charge >= 0.3 is 5.97 Å². The Morgan fingerprint density at radius 2 is 2.33 bits per heavy atom. The van der Waals surface area contributed by atoms with Crippen molar-refractivity contribution in [2.45, 2.75) is 26.4 Å². The fraction of sp³-hybridized carbons (Fsp3) is 0.538. The van der Waals surface area contributed by atoms with Crippen LogP contribution in [0.15, 0.2) is 18.3 Å². The summed E-state index contributed by atoms with van der Waals surface area (Å²) in [7, 11) is 1.40. The molecule has 0 spiro atoms. The lowest BCUT2D eigenvalue weighted by Gasteiger charge is -2.21. The Morgan fingerprint density at radius 3 is 2.94 bits per heavy atom. The van der Waals surface area contributed by atoms with Gasteiger partial charge in [-0.1, -0.05) is 13.0 Å². The molecule has 1 heterocycles. The van der Waals surface area contributed by atoms with Gasteiger partial charge in [0.1, 0.15) is 0 Å². The molecule has 0 radical (unpaired) electrons. The monoisotopic (exact) mass is 251 g/mol. The molecule has 0 saturated carbocycles. The van der Waals surface area contributed by atoms with Gasteiger partial charge in [-0.15, -0.1) is 0 Å². The lowest BCUT2D eigenvalue weighted by atomic mass is 10.1. The van der Waals surface area contributed by atoms with Crippen molar-refractivity contribution >= 4 is 5.97 Å². The van der Waals surface area contributed by atoms with Crippen LogP contribution in [0, 0.1) is 0 Å². The smallest absolute Gasteiger partial charge is 0.319 e. The molecule has 0 aliphatic heterocycles. The number of hydrogen-bond donors (Lipinski definition) is 1. The first-order valence-electron chi connectivity index (χ1n) is 6.13. The summed E-state index contributed by atoms with van der Waals surface area (Å²) in [5.41, 5.74) is 7.60. The second kappa shape index (κ2) is 7.79. The van der Waals surface area contributed by atoms with Crippen molar-refractivity contribution in [3.63, 3.8) is 0 Å². The third kappa shape index (κ3) is 4.43. The first kappa shape index (κ1) is 14.6. The van der Waals surface area contributed by atoms with Gasteiger partial charge in [-0.3, -0.25) is 14.7 Å². The van der Waals surface area contributed by atoms with Gasteiger partial charge in [-0.25, -0.2) is 0 Å². The van der Waals surface area contributed by atoms with Crippen LogP contribution in [0.5, 0.6) is 0 Å². The summed E-state index contributed by atoms with van der Waals surface area (Å²) >= 11 is 0. The zero-order chi connectivity index (χ0) is 13.4. The molecule has 0 aromatic carbocycles. The molecule has 0 bridgehead atoms. The first-order valence-corrected chi connectivity index (χ1v) is 6.13. The van der Waals surface area contributed by atoms with Crippen LogP contribution in [0.25, 0.3) is 0 Å². The Hall–Kier alpha value is -1.46. The number of esters is 1. The Kier molecular flexibility index (Phi) is 6.32. The van der Waals surface area contributed by atoms with Gasteiger partial charge in [-0.2, -0.15) is 0 Å². The van der Waals surface area contributed by atoms with Crippen molar-refractivity contribution in [3.8, 4) is 0 Å². The van der Waals surface area contributed by atoms with Crippen LogP contribution >= 0.6 is 0 Å². The van der Waals surface area contributed by atoms with Crippen LogP contribution < -0.4 is 5.73 Å². The second-order valence-electron chi connectivity index (χ2n) is 4.10. The molecule has 0 saturated heterocycles. The predicted octanol–water partition coefficient (Wildman–Crippen LogP) is 0.925. The number of aromatic nitrogens is 1. The number of rotatable bonds is 7. The maximum Gasteiger partial charge on any atom is 0.319 e. The number of methoxy groups -OCH3 is 1. The Bertz CT molecular complexity index is 382. The van der Waals surface area contributed by atoms with E-state index >= 15 is 0 Å². The minimum atomic E-state index is -0.221. The Balaban J connectivity index is 2.72. The van der Waals surface area contributed by atoms with Crippen molar-refractivity contribution in [2.75, 3.05) is 20.2 Å². The van der Waals surface area contributed by atoms with Crippen LogP contribution in [-0.4, -0.2) is 36.1 Å². The van der Waals surface area contributed by atoms with E-state index in [9.17, 15) is 4.79 Å². The molecule has 0 atom stereocenters. The number of nitrogens with two attached hydrogens (primary N) is 1. The summed E-state index contributed by atoms with van der Waals surface area (Å²) in [6, 6.07) is 3.88. The molecule has 5 heteroatoms. The van der Waals surface area contributed by atoms with Crippen LogP contribution in [0.2, 0.25) is 0 Å². The minimum absolute atomic E-state index is 0.221. The minimum Gasteiger partial charge on any atom is -0.468 e. The average Bonchev–Trinajstić information content (AvgIpc) is 2.39. The molecule has 0 amide bonds. The molecule has 5 nitrogen and oxygen atoms in total. The van der Waals surface area contributed by atoms with Crippen LogP contribution in [0.3, 0.4) is 0 Å². The molecule has 0 aliphatic rings. The highest BCUT2D eigenvalue weighted by Gasteiger charge is 2.12. The van der Waals surface area contributed by atoms with Crippen molar-refractivity contribution in [2.24, 2.45) is 5.73 Å². The van der Waals surface area contributed by atoms with E-state index in [4.69, 9.17) is 10.5 Å². The zero-order valence-electron chi connectivity index (χ0n) is 11.1. The van der Waals surface area contributed by atoms with E-state index in [1.807, 2.05) is 17.0 Å². The highest BCUT2D eigenvalue weighted by Crippen LogP contribution is 2.09. The molecule has 1 aromatic heterocycles. The van der Waals surface area contributed by atoms with Gasteiger partial charge in [0, 0.05) is 19.3 Å². The fourth-order valence-corrected chi connectivity index (χ4v) is 1.82. The molecule has 0 unspecified atom stereocenters. The van der Waals surface area contributed by atoms with Crippen molar-refractivity contribution < 1.29 is 9.53 Å². The number of carbonyl (C=O) groups excluding carboxylic acids is 1. The maximum atomic E-state index is 11.3. The lowest BCUT2D eigenvalue weighted by Crippen LogP contribution is -2.31. The highest BCUT2D eigenvalue weighted by molar-refractivity contribution is 5.71. The molecule has 1 rings (SSSR count). The van der Waals surface area contributed by atoms with Gasteiger partial charge in [0.15, 0.2) is 0 Å². The van der Waals surface area contributed by atoms with Crippen molar-refractivity contribution in [1.29, 1.82) is 0 Å². The lowest BCUT2D eigenvalue weighted by molar-refractivity contribution is -0.142. The SMILES string of the molecule is CCCN(CC(=O)OC)Cc1cccnc1CN.